The summed E-state index contributed by atoms with van der Waals surface area (Å²) in [5.74, 6) is 0.314. The van der Waals surface area contributed by atoms with E-state index in [1.807, 2.05) is 25.1 Å². The molecular formula is C15H14ClFN2OS. The third kappa shape index (κ3) is 4.06. The summed E-state index contributed by atoms with van der Waals surface area (Å²) >= 11 is 10.9. The lowest BCUT2D eigenvalue weighted by molar-refractivity contribution is 0.414. The first-order valence-electron chi connectivity index (χ1n) is 6.17. The second-order valence-corrected chi connectivity index (χ2v) is 5.20. The fraction of sp³-hybridized carbons (Fsp3) is 0.133. The van der Waals surface area contributed by atoms with Crippen LogP contribution in [0.2, 0.25) is 5.02 Å². The third-order valence-electron chi connectivity index (χ3n) is 2.86. The molecule has 0 saturated heterocycles. The molecule has 0 bridgehead atoms. The van der Waals surface area contributed by atoms with Crippen LogP contribution >= 0.6 is 23.8 Å². The Morgan fingerprint density at radius 1 is 1.19 bits per heavy atom. The Bertz CT molecular complexity index is 679. The largest absolute Gasteiger partial charge is 0.497 e. The number of ether oxygens (including phenoxy) is 1. The molecule has 2 N–H and O–H groups in total. The van der Waals surface area contributed by atoms with Gasteiger partial charge in [-0.2, -0.15) is 0 Å². The second kappa shape index (κ2) is 6.74. The lowest BCUT2D eigenvalue weighted by atomic mass is 10.2. The van der Waals surface area contributed by atoms with Crippen molar-refractivity contribution in [3.8, 4) is 5.75 Å². The zero-order valence-electron chi connectivity index (χ0n) is 11.5. The quantitative estimate of drug-likeness (QED) is 0.808. The zero-order valence-corrected chi connectivity index (χ0v) is 13.1. The monoisotopic (exact) mass is 324 g/mol. The average Bonchev–Trinajstić information content (AvgIpc) is 2.45. The molecule has 2 rings (SSSR count). The molecule has 110 valence electrons. The van der Waals surface area contributed by atoms with Crippen LogP contribution in [0.4, 0.5) is 15.8 Å². The molecule has 0 spiro atoms. The zero-order chi connectivity index (χ0) is 15.4. The molecule has 0 aromatic heterocycles. The van der Waals surface area contributed by atoms with Gasteiger partial charge in [0.1, 0.15) is 11.6 Å². The minimum atomic E-state index is -0.466. The van der Waals surface area contributed by atoms with Crippen molar-refractivity contribution in [2.24, 2.45) is 0 Å². The van der Waals surface area contributed by atoms with E-state index in [4.69, 9.17) is 28.6 Å². The summed E-state index contributed by atoms with van der Waals surface area (Å²) in [4.78, 5) is 0. The van der Waals surface area contributed by atoms with Crippen LogP contribution in [0.1, 0.15) is 5.56 Å². The smallest absolute Gasteiger partial charge is 0.175 e. The van der Waals surface area contributed by atoms with Gasteiger partial charge in [-0.15, -0.1) is 0 Å². The maximum atomic E-state index is 13.1. The maximum absolute atomic E-state index is 13.1. The van der Waals surface area contributed by atoms with Crippen LogP contribution in [-0.2, 0) is 0 Å². The van der Waals surface area contributed by atoms with Crippen LogP contribution in [0.25, 0.3) is 0 Å². The first-order valence-corrected chi connectivity index (χ1v) is 6.96. The lowest BCUT2D eigenvalue weighted by Gasteiger charge is -2.13. The number of hydrogen-bond acceptors (Lipinski definition) is 2. The van der Waals surface area contributed by atoms with Crippen LogP contribution in [0, 0.1) is 12.7 Å². The average molecular weight is 325 g/mol. The van der Waals surface area contributed by atoms with Gasteiger partial charge in [-0.25, -0.2) is 4.39 Å². The van der Waals surface area contributed by atoms with Crippen LogP contribution in [0.5, 0.6) is 5.75 Å². The molecule has 0 aliphatic carbocycles. The molecule has 2 aromatic carbocycles. The van der Waals surface area contributed by atoms with Gasteiger partial charge in [0.2, 0.25) is 0 Å². The molecular weight excluding hydrogens is 311 g/mol. The van der Waals surface area contributed by atoms with Gasteiger partial charge in [0.05, 0.1) is 12.1 Å². The molecule has 0 aliphatic rings. The molecule has 6 heteroatoms. The minimum Gasteiger partial charge on any atom is -0.497 e. The molecule has 0 atom stereocenters. The van der Waals surface area contributed by atoms with E-state index in [2.05, 4.69) is 10.6 Å². The van der Waals surface area contributed by atoms with Gasteiger partial charge in [-0.1, -0.05) is 11.6 Å². The minimum absolute atomic E-state index is 0.0448. The molecule has 2 aromatic rings. The highest BCUT2D eigenvalue weighted by Crippen LogP contribution is 2.22. The molecule has 3 nitrogen and oxygen atoms in total. The number of aryl methyl sites for hydroxylation is 1. The Morgan fingerprint density at radius 3 is 2.57 bits per heavy atom. The van der Waals surface area contributed by atoms with E-state index in [0.717, 1.165) is 17.0 Å². The van der Waals surface area contributed by atoms with Gasteiger partial charge < -0.3 is 15.4 Å². The number of benzene rings is 2. The van der Waals surface area contributed by atoms with Gasteiger partial charge in [-0.3, -0.25) is 0 Å². The number of anilines is 2. The highest BCUT2D eigenvalue weighted by Gasteiger charge is 2.05. The van der Waals surface area contributed by atoms with Crippen LogP contribution in [-0.4, -0.2) is 12.2 Å². The van der Waals surface area contributed by atoms with Crippen LogP contribution < -0.4 is 15.4 Å². The topological polar surface area (TPSA) is 33.3 Å². The predicted molar refractivity (Wildman–Crippen MR) is 89.0 cm³/mol. The lowest BCUT2D eigenvalue weighted by Crippen LogP contribution is -2.19. The number of methoxy groups -OCH3 is 1. The SMILES string of the molecule is COc1ccc(NC(=S)Nc2ccc(F)c(Cl)c2)c(C)c1. The molecule has 21 heavy (non-hydrogen) atoms. The number of nitrogens with one attached hydrogen (secondary N) is 2. The van der Waals surface area contributed by atoms with E-state index < -0.39 is 5.82 Å². The summed E-state index contributed by atoms with van der Waals surface area (Å²) in [6, 6.07) is 9.94. The number of rotatable bonds is 3. The fourth-order valence-corrected chi connectivity index (χ4v) is 2.17. The van der Waals surface area contributed by atoms with E-state index in [1.165, 1.54) is 12.1 Å². The second-order valence-electron chi connectivity index (χ2n) is 4.39. The standard InChI is InChI=1S/C15H14ClFN2OS/c1-9-7-11(20-2)4-6-14(9)19-15(21)18-10-3-5-13(17)12(16)8-10/h3-8H,1-2H3,(H2,18,19,21). The Hall–Kier alpha value is -1.85. The Balaban J connectivity index is 2.06. The summed E-state index contributed by atoms with van der Waals surface area (Å²) in [6.07, 6.45) is 0. The van der Waals surface area contributed by atoms with Gasteiger partial charge >= 0.3 is 0 Å². The van der Waals surface area contributed by atoms with Crippen molar-refractivity contribution in [3.63, 3.8) is 0 Å². The highest BCUT2D eigenvalue weighted by atomic mass is 35.5. The van der Waals surface area contributed by atoms with Crippen molar-refractivity contribution in [2.75, 3.05) is 17.7 Å². The van der Waals surface area contributed by atoms with Crippen molar-refractivity contribution in [1.82, 2.24) is 0 Å². The molecule has 0 aliphatic heterocycles. The summed E-state index contributed by atoms with van der Waals surface area (Å²) in [5.41, 5.74) is 2.47. The molecule has 0 fully saturated rings. The van der Waals surface area contributed by atoms with Crippen molar-refractivity contribution >= 4 is 40.3 Å². The van der Waals surface area contributed by atoms with E-state index in [-0.39, 0.29) is 5.02 Å². The van der Waals surface area contributed by atoms with Crippen molar-refractivity contribution in [1.29, 1.82) is 0 Å². The molecule has 0 saturated carbocycles. The summed E-state index contributed by atoms with van der Waals surface area (Å²) in [5, 5.41) is 6.46. The Kier molecular flexibility index (Phi) is 4.98. The normalized spacial score (nSPS) is 10.1. The third-order valence-corrected chi connectivity index (χ3v) is 3.35. The fourth-order valence-electron chi connectivity index (χ4n) is 1.76. The van der Waals surface area contributed by atoms with Gasteiger partial charge in [0.25, 0.3) is 0 Å². The molecule has 0 heterocycles. The number of hydrogen-bond donors (Lipinski definition) is 2. The van der Waals surface area contributed by atoms with E-state index >= 15 is 0 Å². The first-order chi connectivity index (χ1) is 9.99. The predicted octanol–water partition coefficient (Wildman–Crippen LogP) is 4.61. The van der Waals surface area contributed by atoms with E-state index in [9.17, 15) is 4.39 Å². The maximum Gasteiger partial charge on any atom is 0.175 e. The number of thiocarbonyl (C=S) groups is 1. The van der Waals surface area contributed by atoms with Crippen LogP contribution in [0.3, 0.4) is 0 Å². The molecule has 0 amide bonds. The van der Waals surface area contributed by atoms with Crippen molar-refractivity contribution in [3.05, 3.63) is 52.8 Å². The Morgan fingerprint density at radius 2 is 1.95 bits per heavy atom. The van der Waals surface area contributed by atoms with Gasteiger partial charge in [0.15, 0.2) is 5.11 Å². The summed E-state index contributed by atoms with van der Waals surface area (Å²) < 4.78 is 18.2. The Labute approximate surface area is 133 Å². The summed E-state index contributed by atoms with van der Waals surface area (Å²) in [7, 11) is 1.62. The van der Waals surface area contributed by atoms with Crippen molar-refractivity contribution < 1.29 is 9.13 Å². The highest BCUT2D eigenvalue weighted by molar-refractivity contribution is 7.80. The summed E-state index contributed by atoms with van der Waals surface area (Å²) in [6.45, 7) is 1.95. The van der Waals surface area contributed by atoms with Gasteiger partial charge in [-0.05, 0) is 61.1 Å². The van der Waals surface area contributed by atoms with Crippen molar-refractivity contribution in [2.45, 2.75) is 6.92 Å². The van der Waals surface area contributed by atoms with E-state index in [0.29, 0.717) is 10.8 Å². The van der Waals surface area contributed by atoms with Crippen LogP contribution in [0.15, 0.2) is 36.4 Å². The van der Waals surface area contributed by atoms with E-state index in [1.54, 1.807) is 13.2 Å². The first kappa shape index (κ1) is 15.5. The number of halogens is 2. The molecule has 0 unspecified atom stereocenters. The molecule has 0 radical (unpaired) electrons. The van der Waals surface area contributed by atoms with Gasteiger partial charge in [0, 0.05) is 11.4 Å².